The second kappa shape index (κ2) is 6.36. The van der Waals surface area contributed by atoms with Gasteiger partial charge >= 0.3 is 0 Å². The molecule has 2 unspecified atom stereocenters. The summed E-state index contributed by atoms with van der Waals surface area (Å²) in [6.07, 6.45) is 3.52. The summed E-state index contributed by atoms with van der Waals surface area (Å²) in [7, 11) is 0. The zero-order chi connectivity index (χ0) is 12.9. The molecule has 1 rings (SSSR count). The van der Waals surface area contributed by atoms with Gasteiger partial charge in [0.1, 0.15) is 0 Å². The first kappa shape index (κ1) is 14.5. The van der Waals surface area contributed by atoms with Crippen molar-refractivity contribution in [1.29, 1.82) is 0 Å². The second-order valence-electron chi connectivity index (χ2n) is 6.16. The van der Waals surface area contributed by atoms with E-state index < -0.39 is 0 Å². The average Bonchev–Trinajstić information content (AvgIpc) is 2.62. The summed E-state index contributed by atoms with van der Waals surface area (Å²) in [6.45, 7) is 7.96. The number of aliphatic hydroxyl groups is 1. The van der Waals surface area contributed by atoms with Gasteiger partial charge in [-0.05, 0) is 24.7 Å². The highest BCUT2D eigenvalue weighted by Gasteiger charge is 2.27. The zero-order valence-electron chi connectivity index (χ0n) is 11.3. The summed E-state index contributed by atoms with van der Waals surface area (Å²) >= 11 is 0. The highest BCUT2D eigenvalue weighted by Crippen LogP contribution is 2.21. The van der Waals surface area contributed by atoms with Crippen molar-refractivity contribution in [2.45, 2.75) is 58.6 Å². The fraction of sp³-hybridized carbons (Fsp3) is 0.923. The average molecular weight is 242 g/mol. The van der Waals surface area contributed by atoms with Crippen molar-refractivity contribution in [1.82, 2.24) is 10.6 Å². The highest BCUT2D eigenvalue weighted by atomic mass is 16.3. The lowest BCUT2D eigenvalue weighted by molar-refractivity contribution is -0.122. The Kier molecular flexibility index (Phi) is 5.40. The molecule has 1 saturated heterocycles. The highest BCUT2D eigenvalue weighted by molar-refractivity contribution is 5.82. The maximum absolute atomic E-state index is 11.7. The Morgan fingerprint density at radius 2 is 2.12 bits per heavy atom. The van der Waals surface area contributed by atoms with Gasteiger partial charge in [-0.1, -0.05) is 27.2 Å². The SMILES string of the molecule is CC(C)(C)CCCCNC(=O)C1CC(O)CN1. The Morgan fingerprint density at radius 1 is 1.41 bits per heavy atom. The first-order chi connectivity index (χ1) is 7.88. The molecule has 0 radical (unpaired) electrons. The third-order valence-electron chi connectivity index (χ3n) is 3.08. The fourth-order valence-corrected chi connectivity index (χ4v) is 2.03. The molecule has 0 bridgehead atoms. The van der Waals surface area contributed by atoms with Crippen LogP contribution < -0.4 is 10.6 Å². The molecule has 0 aromatic carbocycles. The van der Waals surface area contributed by atoms with E-state index in [9.17, 15) is 9.90 Å². The molecule has 1 amide bonds. The molecule has 0 aromatic heterocycles. The molecule has 3 N–H and O–H groups in total. The van der Waals surface area contributed by atoms with Crippen LogP contribution in [0.2, 0.25) is 0 Å². The number of β-amino-alcohol motifs (C(OH)–C–C–N with tert-alkyl or cyclic N) is 1. The summed E-state index contributed by atoms with van der Waals surface area (Å²) in [5.74, 6) is 0.0253. The number of aliphatic hydroxyl groups excluding tert-OH is 1. The van der Waals surface area contributed by atoms with Gasteiger partial charge in [0.25, 0.3) is 0 Å². The van der Waals surface area contributed by atoms with E-state index in [4.69, 9.17) is 0 Å². The standard InChI is InChI=1S/C13H26N2O2/c1-13(2,3)6-4-5-7-14-12(17)11-8-10(16)9-15-11/h10-11,15-16H,4-9H2,1-3H3,(H,14,17). The molecule has 1 heterocycles. The van der Waals surface area contributed by atoms with Gasteiger partial charge in [0, 0.05) is 13.1 Å². The maximum Gasteiger partial charge on any atom is 0.237 e. The maximum atomic E-state index is 11.7. The van der Waals surface area contributed by atoms with Gasteiger partial charge in [0.2, 0.25) is 5.91 Å². The first-order valence-electron chi connectivity index (χ1n) is 6.58. The predicted octanol–water partition coefficient (Wildman–Crippen LogP) is 1.04. The summed E-state index contributed by atoms with van der Waals surface area (Å²) < 4.78 is 0. The predicted molar refractivity (Wildman–Crippen MR) is 68.7 cm³/mol. The normalized spacial score (nSPS) is 24.9. The van der Waals surface area contributed by atoms with E-state index in [-0.39, 0.29) is 18.1 Å². The molecule has 1 aliphatic rings. The summed E-state index contributed by atoms with van der Waals surface area (Å²) in [4.78, 5) is 11.7. The van der Waals surface area contributed by atoms with Crippen LogP contribution in [0.4, 0.5) is 0 Å². The molecule has 100 valence electrons. The van der Waals surface area contributed by atoms with Gasteiger partial charge in [-0.3, -0.25) is 4.79 Å². The van der Waals surface area contributed by atoms with E-state index in [2.05, 4.69) is 31.4 Å². The molecular formula is C13H26N2O2. The minimum atomic E-state index is -0.369. The number of rotatable bonds is 5. The minimum Gasteiger partial charge on any atom is -0.392 e. The Hall–Kier alpha value is -0.610. The van der Waals surface area contributed by atoms with Gasteiger partial charge in [0.15, 0.2) is 0 Å². The third-order valence-corrected chi connectivity index (χ3v) is 3.08. The van der Waals surface area contributed by atoms with Gasteiger partial charge < -0.3 is 15.7 Å². The Morgan fingerprint density at radius 3 is 2.65 bits per heavy atom. The molecule has 1 fully saturated rings. The van der Waals surface area contributed by atoms with Crippen molar-refractivity contribution in [2.75, 3.05) is 13.1 Å². The number of carbonyl (C=O) groups excluding carboxylic acids is 1. The number of hydrogen-bond acceptors (Lipinski definition) is 3. The molecule has 0 spiro atoms. The van der Waals surface area contributed by atoms with Crippen LogP contribution in [0.5, 0.6) is 0 Å². The Balaban J connectivity index is 2.05. The zero-order valence-corrected chi connectivity index (χ0v) is 11.3. The molecule has 2 atom stereocenters. The van der Waals surface area contributed by atoms with E-state index in [1.807, 2.05) is 0 Å². The summed E-state index contributed by atoms with van der Waals surface area (Å²) in [5, 5.41) is 15.2. The smallest absolute Gasteiger partial charge is 0.237 e. The van der Waals surface area contributed by atoms with E-state index in [1.165, 1.54) is 6.42 Å². The van der Waals surface area contributed by atoms with E-state index >= 15 is 0 Å². The Bertz CT molecular complexity index is 248. The third kappa shape index (κ3) is 6.03. The molecule has 0 aromatic rings. The van der Waals surface area contributed by atoms with Crippen LogP contribution in [0.1, 0.15) is 46.5 Å². The van der Waals surface area contributed by atoms with E-state index in [0.29, 0.717) is 18.4 Å². The van der Waals surface area contributed by atoms with Crippen LogP contribution in [0, 0.1) is 5.41 Å². The minimum absolute atomic E-state index is 0.0253. The largest absolute Gasteiger partial charge is 0.392 e. The summed E-state index contributed by atoms with van der Waals surface area (Å²) in [6, 6.07) is -0.201. The van der Waals surface area contributed by atoms with Crippen LogP contribution in [0.15, 0.2) is 0 Å². The molecule has 4 heteroatoms. The lowest BCUT2D eigenvalue weighted by atomic mass is 9.90. The van der Waals surface area contributed by atoms with Crippen molar-refractivity contribution in [3.8, 4) is 0 Å². The molecule has 4 nitrogen and oxygen atoms in total. The number of amides is 1. The topological polar surface area (TPSA) is 61.4 Å². The van der Waals surface area contributed by atoms with Crippen molar-refractivity contribution < 1.29 is 9.90 Å². The first-order valence-corrected chi connectivity index (χ1v) is 6.58. The van der Waals surface area contributed by atoms with Crippen LogP contribution in [-0.2, 0) is 4.79 Å². The van der Waals surface area contributed by atoms with Crippen LogP contribution in [0.3, 0.4) is 0 Å². The van der Waals surface area contributed by atoms with Crippen molar-refractivity contribution >= 4 is 5.91 Å². The van der Waals surface area contributed by atoms with Crippen molar-refractivity contribution in [3.63, 3.8) is 0 Å². The van der Waals surface area contributed by atoms with Crippen molar-refractivity contribution in [2.24, 2.45) is 5.41 Å². The van der Waals surface area contributed by atoms with Gasteiger partial charge in [-0.2, -0.15) is 0 Å². The van der Waals surface area contributed by atoms with Gasteiger partial charge in [-0.15, -0.1) is 0 Å². The summed E-state index contributed by atoms with van der Waals surface area (Å²) in [5.41, 5.74) is 0.376. The molecule has 0 saturated carbocycles. The van der Waals surface area contributed by atoms with E-state index in [1.54, 1.807) is 0 Å². The number of nitrogens with one attached hydrogen (secondary N) is 2. The molecule has 0 aliphatic carbocycles. The number of unbranched alkanes of at least 4 members (excludes halogenated alkanes) is 1. The number of hydrogen-bond donors (Lipinski definition) is 3. The lowest BCUT2D eigenvalue weighted by Crippen LogP contribution is -2.40. The molecular weight excluding hydrogens is 216 g/mol. The quantitative estimate of drug-likeness (QED) is 0.631. The van der Waals surface area contributed by atoms with E-state index in [0.717, 1.165) is 19.4 Å². The Labute approximate surface area is 104 Å². The van der Waals surface area contributed by atoms with Crippen molar-refractivity contribution in [3.05, 3.63) is 0 Å². The van der Waals surface area contributed by atoms with Crippen LogP contribution in [0.25, 0.3) is 0 Å². The van der Waals surface area contributed by atoms with Crippen LogP contribution in [-0.4, -0.2) is 36.2 Å². The number of carbonyl (C=O) groups is 1. The van der Waals surface area contributed by atoms with Gasteiger partial charge in [-0.25, -0.2) is 0 Å². The second-order valence-corrected chi connectivity index (χ2v) is 6.16. The van der Waals surface area contributed by atoms with Gasteiger partial charge in [0.05, 0.1) is 12.1 Å². The lowest BCUT2D eigenvalue weighted by Gasteiger charge is -2.17. The monoisotopic (exact) mass is 242 g/mol. The van der Waals surface area contributed by atoms with Crippen LogP contribution >= 0.6 is 0 Å². The molecule has 17 heavy (non-hydrogen) atoms. The fourth-order valence-electron chi connectivity index (χ4n) is 2.03. The molecule has 1 aliphatic heterocycles.